The summed E-state index contributed by atoms with van der Waals surface area (Å²) >= 11 is 1.34. The van der Waals surface area contributed by atoms with E-state index in [1.54, 1.807) is 11.4 Å². The Balaban J connectivity index is 2.42. The summed E-state index contributed by atoms with van der Waals surface area (Å²) in [4.78, 5) is 4.29. The Kier molecular flexibility index (Phi) is 3.90. The van der Waals surface area contributed by atoms with Gasteiger partial charge in [0, 0.05) is 5.38 Å². The van der Waals surface area contributed by atoms with Crippen LogP contribution in [0.15, 0.2) is 23.6 Å². The van der Waals surface area contributed by atoms with E-state index in [1.807, 2.05) is 0 Å². The molecule has 96 valence electrons. The number of aromatic nitrogens is 1. The van der Waals surface area contributed by atoms with Gasteiger partial charge < -0.3 is 15.6 Å². The molecule has 2 aromatic rings. The summed E-state index contributed by atoms with van der Waals surface area (Å²) in [6, 6.07) is 3.73. The number of hydrogen-bond acceptors (Lipinski definition) is 5. The maximum atomic E-state index is 13.3. The highest BCUT2D eigenvalue weighted by molar-refractivity contribution is 7.13. The Hall–Kier alpha value is -1.50. The van der Waals surface area contributed by atoms with Crippen molar-refractivity contribution in [3.05, 3.63) is 35.1 Å². The number of nitrogens with zero attached hydrogens (tertiary/aromatic N) is 1. The minimum absolute atomic E-state index is 0.177. The topological polar surface area (TPSA) is 68.4 Å². The molecular weight excluding hydrogens is 255 g/mol. The number of aliphatic hydroxyl groups excluding tert-OH is 1. The molecule has 1 unspecified atom stereocenters. The summed E-state index contributed by atoms with van der Waals surface area (Å²) in [6.07, 6.45) is 0. The van der Waals surface area contributed by atoms with Gasteiger partial charge >= 0.3 is 0 Å². The molecular formula is C12H13FN2O2S. The van der Waals surface area contributed by atoms with E-state index in [0.29, 0.717) is 22.0 Å². The SMILES string of the molecule is COc1ccc(F)cc1-c1nc(C(N)CO)cs1. The zero-order chi connectivity index (χ0) is 13.1. The first-order chi connectivity index (χ1) is 8.65. The molecule has 0 saturated heterocycles. The van der Waals surface area contributed by atoms with Crippen LogP contribution in [0.3, 0.4) is 0 Å². The van der Waals surface area contributed by atoms with E-state index >= 15 is 0 Å². The summed E-state index contributed by atoms with van der Waals surface area (Å²) < 4.78 is 18.4. The third-order valence-electron chi connectivity index (χ3n) is 2.49. The quantitative estimate of drug-likeness (QED) is 0.889. The predicted molar refractivity (Wildman–Crippen MR) is 68.1 cm³/mol. The van der Waals surface area contributed by atoms with Gasteiger partial charge in [0.2, 0.25) is 0 Å². The van der Waals surface area contributed by atoms with Crippen LogP contribution in [-0.2, 0) is 0 Å². The third-order valence-corrected chi connectivity index (χ3v) is 3.38. The number of aliphatic hydroxyl groups is 1. The first-order valence-electron chi connectivity index (χ1n) is 5.31. The molecule has 0 fully saturated rings. The molecule has 0 saturated carbocycles. The lowest BCUT2D eigenvalue weighted by molar-refractivity contribution is 0.266. The lowest BCUT2D eigenvalue weighted by Gasteiger charge is -2.06. The molecule has 18 heavy (non-hydrogen) atoms. The Morgan fingerprint density at radius 2 is 2.33 bits per heavy atom. The van der Waals surface area contributed by atoms with Crippen LogP contribution >= 0.6 is 11.3 Å². The Bertz CT molecular complexity index is 545. The number of hydrogen-bond donors (Lipinski definition) is 2. The van der Waals surface area contributed by atoms with Crippen LogP contribution in [0.25, 0.3) is 10.6 Å². The van der Waals surface area contributed by atoms with Crippen molar-refractivity contribution in [1.82, 2.24) is 4.98 Å². The monoisotopic (exact) mass is 268 g/mol. The average Bonchev–Trinajstić information content (AvgIpc) is 2.87. The fourth-order valence-electron chi connectivity index (χ4n) is 1.52. The summed E-state index contributed by atoms with van der Waals surface area (Å²) in [5, 5.41) is 11.3. The second-order valence-electron chi connectivity index (χ2n) is 3.71. The normalized spacial score (nSPS) is 12.4. The summed E-state index contributed by atoms with van der Waals surface area (Å²) in [5.74, 6) is 0.198. The number of rotatable bonds is 4. The first-order valence-corrected chi connectivity index (χ1v) is 6.19. The molecule has 1 heterocycles. The molecule has 3 N–H and O–H groups in total. The van der Waals surface area contributed by atoms with Gasteiger partial charge in [0.25, 0.3) is 0 Å². The number of ether oxygens (including phenoxy) is 1. The van der Waals surface area contributed by atoms with Gasteiger partial charge in [-0.2, -0.15) is 0 Å². The van der Waals surface area contributed by atoms with Crippen molar-refractivity contribution < 1.29 is 14.2 Å². The number of benzene rings is 1. The first kappa shape index (κ1) is 12.9. The molecule has 6 heteroatoms. The van der Waals surface area contributed by atoms with E-state index in [4.69, 9.17) is 15.6 Å². The third kappa shape index (κ3) is 2.50. The van der Waals surface area contributed by atoms with Crippen LogP contribution in [0, 0.1) is 5.82 Å². The van der Waals surface area contributed by atoms with E-state index in [-0.39, 0.29) is 12.4 Å². The van der Waals surface area contributed by atoms with Crippen LogP contribution in [0.1, 0.15) is 11.7 Å². The summed E-state index contributed by atoms with van der Waals surface area (Å²) in [5.41, 5.74) is 6.84. The van der Waals surface area contributed by atoms with Gasteiger partial charge in [0.15, 0.2) is 0 Å². The van der Waals surface area contributed by atoms with Crippen LogP contribution < -0.4 is 10.5 Å². The minimum Gasteiger partial charge on any atom is -0.496 e. The maximum absolute atomic E-state index is 13.3. The molecule has 0 radical (unpaired) electrons. The van der Waals surface area contributed by atoms with E-state index in [2.05, 4.69) is 4.98 Å². The molecule has 1 atom stereocenters. The van der Waals surface area contributed by atoms with Crippen LogP contribution in [0.2, 0.25) is 0 Å². The van der Waals surface area contributed by atoms with Crippen molar-refractivity contribution in [3.8, 4) is 16.3 Å². The Morgan fingerprint density at radius 3 is 3.00 bits per heavy atom. The van der Waals surface area contributed by atoms with Crippen molar-refractivity contribution >= 4 is 11.3 Å². The van der Waals surface area contributed by atoms with E-state index in [9.17, 15) is 4.39 Å². The highest BCUT2D eigenvalue weighted by Crippen LogP contribution is 2.33. The molecule has 0 aliphatic heterocycles. The fourth-order valence-corrected chi connectivity index (χ4v) is 2.43. The molecule has 2 rings (SSSR count). The van der Waals surface area contributed by atoms with Gasteiger partial charge in [0.05, 0.1) is 31.0 Å². The second kappa shape index (κ2) is 5.43. The minimum atomic E-state index is -0.519. The number of thiazole rings is 1. The highest BCUT2D eigenvalue weighted by Gasteiger charge is 2.14. The number of nitrogens with two attached hydrogens (primary N) is 1. The van der Waals surface area contributed by atoms with Gasteiger partial charge in [0.1, 0.15) is 16.6 Å². The second-order valence-corrected chi connectivity index (χ2v) is 4.57. The van der Waals surface area contributed by atoms with Gasteiger partial charge in [-0.25, -0.2) is 9.37 Å². The molecule has 0 aliphatic carbocycles. The lowest BCUT2D eigenvalue weighted by Crippen LogP contribution is -2.14. The largest absolute Gasteiger partial charge is 0.496 e. The Labute approximate surface area is 108 Å². The van der Waals surface area contributed by atoms with Crippen molar-refractivity contribution in [2.24, 2.45) is 5.73 Å². The van der Waals surface area contributed by atoms with Gasteiger partial charge in [-0.3, -0.25) is 0 Å². The van der Waals surface area contributed by atoms with Crippen molar-refractivity contribution in [2.45, 2.75) is 6.04 Å². The van der Waals surface area contributed by atoms with Crippen molar-refractivity contribution in [1.29, 1.82) is 0 Å². The lowest BCUT2D eigenvalue weighted by atomic mass is 10.2. The molecule has 4 nitrogen and oxygen atoms in total. The molecule has 0 spiro atoms. The zero-order valence-corrected chi connectivity index (χ0v) is 10.6. The Morgan fingerprint density at radius 1 is 1.56 bits per heavy atom. The van der Waals surface area contributed by atoms with E-state index in [1.165, 1.54) is 30.6 Å². The van der Waals surface area contributed by atoms with Crippen molar-refractivity contribution in [2.75, 3.05) is 13.7 Å². The average molecular weight is 268 g/mol. The fraction of sp³-hybridized carbons (Fsp3) is 0.250. The summed E-state index contributed by atoms with van der Waals surface area (Å²) in [7, 11) is 1.52. The summed E-state index contributed by atoms with van der Waals surface area (Å²) in [6.45, 7) is -0.177. The van der Waals surface area contributed by atoms with E-state index in [0.717, 1.165) is 0 Å². The maximum Gasteiger partial charge on any atom is 0.129 e. The predicted octanol–water partition coefficient (Wildman–Crippen LogP) is 1.95. The zero-order valence-electron chi connectivity index (χ0n) is 9.76. The van der Waals surface area contributed by atoms with Crippen LogP contribution in [0.4, 0.5) is 4.39 Å². The molecule has 0 bridgehead atoms. The smallest absolute Gasteiger partial charge is 0.129 e. The molecule has 0 amide bonds. The highest BCUT2D eigenvalue weighted by atomic mass is 32.1. The molecule has 0 aliphatic rings. The van der Waals surface area contributed by atoms with Gasteiger partial charge in [-0.1, -0.05) is 0 Å². The standard InChI is InChI=1S/C12H13FN2O2S/c1-17-11-3-2-7(13)4-8(11)12-15-10(6-18-12)9(14)5-16/h2-4,6,9,16H,5,14H2,1H3. The van der Waals surface area contributed by atoms with Gasteiger partial charge in [-0.15, -0.1) is 11.3 Å². The number of halogens is 1. The van der Waals surface area contributed by atoms with Gasteiger partial charge in [-0.05, 0) is 18.2 Å². The van der Waals surface area contributed by atoms with Crippen LogP contribution in [0.5, 0.6) is 5.75 Å². The van der Waals surface area contributed by atoms with E-state index < -0.39 is 6.04 Å². The number of methoxy groups -OCH3 is 1. The van der Waals surface area contributed by atoms with Crippen LogP contribution in [-0.4, -0.2) is 23.8 Å². The molecule has 1 aromatic carbocycles. The molecule has 1 aromatic heterocycles. The van der Waals surface area contributed by atoms with Crippen molar-refractivity contribution in [3.63, 3.8) is 0 Å².